The Balaban J connectivity index is 2.15. The Kier molecular flexibility index (Phi) is 4.21. The normalized spacial score (nSPS) is 9.32. The second kappa shape index (κ2) is 6.28. The standard InChI is InChI=1S/C14H11N3O2/c18-9-2-5-11-4-1-6-12(10-11)13(19)17-14-15-7-3-8-16-14/h1,3-4,6-8,10,18H,9H2,(H,15,16,17,19). The number of hydrogen-bond donors (Lipinski definition) is 2. The third-order valence-electron chi connectivity index (χ3n) is 2.23. The Labute approximate surface area is 110 Å². The Hall–Kier alpha value is -2.71. The molecule has 0 fully saturated rings. The summed E-state index contributed by atoms with van der Waals surface area (Å²) in [5.41, 5.74) is 1.12. The van der Waals surface area contributed by atoms with E-state index in [0.717, 1.165) is 0 Å². The number of aromatic nitrogens is 2. The number of carbonyl (C=O) groups is 1. The fraction of sp³-hybridized carbons (Fsp3) is 0.0714. The quantitative estimate of drug-likeness (QED) is 0.785. The molecule has 1 amide bonds. The lowest BCUT2D eigenvalue weighted by Gasteiger charge is -2.03. The maximum absolute atomic E-state index is 12.0. The van der Waals surface area contributed by atoms with Crippen molar-refractivity contribution in [1.82, 2.24) is 9.97 Å². The molecule has 1 aromatic heterocycles. The van der Waals surface area contributed by atoms with Crippen LogP contribution >= 0.6 is 0 Å². The second-order valence-electron chi connectivity index (χ2n) is 3.57. The van der Waals surface area contributed by atoms with E-state index in [9.17, 15) is 4.79 Å². The molecule has 19 heavy (non-hydrogen) atoms. The van der Waals surface area contributed by atoms with Crippen LogP contribution < -0.4 is 5.32 Å². The van der Waals surface area contributed by atoms with E-state index in [4.69, 9.17) is 5.11 Å². The molecule has 2 rings (SSSR count). The van der Waals surface area contributed by atoms with Crippen LogP contribution in [0.15, 0.2) is 42.7 Å². The molecule has 1 aromatic carbocycles. The highest BCUT2D eigenvalue weighted by Gasteiger charge is 2.07. The molecule has 0 radical (unpaired) electrons. The lowest BCUT2D eigenvalue weighted by molar-refractivity contribution is 0.102. The summed E-state index contributed by atoms with van der Waals surface area (Å²) < 4.78 is 0. The molecule has 0 saturated carbocycles. The third-order valence-corrected chi connectivity index (χ3v) is 2.23. The fourth-order valence-electron chi connectivity index (χ4n) is 1.42. The van der Waals surface area contributed by atoms with E-state index in [2.05, 4.69) is 27.1 Å². The van der Waals surface area contributed by atoms with E-state index in [-0.39, 0.29) is 18.5 Å². The van der Waals surface area contributed by atoms with Crippen LogP contribution in [0.25, 0.3) is 0 Å². The second-order valence-corrected chi connectivity index (χ2v) is 3.57. The summed E-state index contributed by atoms with van der Waals surface area (Å²) in [6.45, 7) is -0.214. The Morgan fingerprint density at radius 1 is 1.26 bits per heavy atom. The molecule has 1 heterocycles. The van der Waals surface area contributed by atoms with Crippen LogP contribution in [0.5, 0.6) is 0 Å². The van der Waals surface area contributed by atoms with Crippen LogP contribution in [0.4, 0.5) is 5.95 Å². The summed E-state index contributed by atoms with van der Waals surface area (Å²) in [6.07, 6.45) is 3.09. The summed E-state index contributed by atoms with van der Waals surface area (Å²) in [5.74, 6) is 5.21. The molecule has 5 nitrogen and oxygen atoms in total. The van der Waals surface area contributed by atoms with Crippen molar-refractivity contribution < 1.29 is 9.90 Å². The zero-order valence-corrected chi connectivity index (χ0v) is 10.00. The van der Waals surface area contributed by atoms with Gasteiger partial charge in [0.2, 0.25) is 5.95 Å². The van der Waals surface area contributed by atoms with E-state index in [1.165, 1.54) is 0 Å². The molecule has 0 aliphatic heterocycles. The van der Waals surface area contributed by atoms with Gasteiger partial charge in [-0.25, -0.2) is 9.97 Å². The van der Waals surface area contributed by atoms with Crippen LogP contribution in [-0.4, -0.2) is 27.6 Å². The van der Waals surface area contributed by atoms with E-state index in [0.29, 0.717) is 11.1 Å². The minimum atomic E-state index is -0.307. The van der Waals surface area contributed by atoms with E-state index < -0.39 is 0 Å². The maximum Gasteiger partial charge on any atom is 0.258 e. The number of rotatable bonds is 2. The van der Waals surface area contributed by atoms with E-state index >= 15 is 0 Å². The van der Waals surface area contributed by atoms with Crippen molar-refractivity contribution in [1.29, 1.82) is 0 Å². The molecule has 0 unspecified atom stereocenters. The van der Waals surface area contributed by atoms with Crippen LogP contribution in [0.2, 0.25) is 0 Å². The highest BCUT2D eigenvalue weighted by molar-refractivity contribution is 6.03. The summed E-state index contributed by atoms with van der Waals surface area (Å²) in [4.78, 5) is 19.8. The van der Waals surface area contributed by atoms with Gasteiger partial charge in [0.15, 0.2) is 0 Å². The van der Waals surface area contributed by atoms with Gasteiger partial charge in [-0.15, -0.1) is 0 Å². The van der Waals surface area contributed by atoms with Crippen LogP contribution in [-0.2, 0) is 0 Å². The van der Waals surface area contributed by atoms with Crippen molar-refractivity contribution in [3.8, 4) is 11.8 Å². The maximum atomic E-state index is 12.0. The van der Waals surface area contributed by atoms with Crippen molar-refractivity contribution >= 4 is 11.9 Å². The molecule has 0 bridgehead atoms. The Morgan fingerprint density at radius 2 is 2.05 bits per heavy atom. The van der Waals surface area contributed by atoms with Crippen molar-refractivity contribution in [3.63, 3.8) is 0 Å². The SMILES string of the molecule is O=C(Nc1ncccn1)c1cccc(C#CCO)c1. The predicted octanol–water partition coefficient (Wildman–Crippen LogP) is 1.07. The number of anilines is 1. The Morgan fingerprint density at radius 3 is 2.79 bits per heavy atom. The van der Waals surface area contributed by atoms with Crippen molar-refractivity contribution in [3.05, 3.63) is 53.9 Å². The van der Waals surface area contributed by atoms with Gasteiger partial charge in [-0.1, -0.05) is 17.9 Å². The fourth-order valence-corrected chi connectivity index (χ4v) is 1.42. The highest BCUT2D eigenvalue weighted by atomic mass is 16.2. The molecule has 2 N–H and O–H groups in total. The van der Waals surface area contributed by atoms with Crippen molar-refractivity contribution in [2.75, 3.05) is 11.9 Å². The highest BCUT2D eigenvalue weighted by Crippen LogP contribution is 2.06. The van der Waals surface area contributed by atoms with Gasteiger partial charge in [0.25, 0.3) is 5.91 Å². The first-order valence-corrected chi connectivity index (χ1v) is 5.58. The van der Waals surface area contributed by atoms with Gasteiger partial charge in [0, 0.05) is 23.5 Å². The number of benzene rings is 1. The lowest BCUT2D eigenvalue weighted by atomic mass is 10.1. The number of aliphatic hydroxyl groups excluding tert-OH is 1. The molecule has 2 aromatic rings. The van der Waals surface area contributed by atoms with Gasteiger partial charge in [-0.05, 0) is 24.3 Å². The molecular formula is C14H11N3O2. The smallest absolute Gasteiger partial charge is 0.258 e. The Bertz CT molecular complexity index is 630. The van der Waals surface area contributed by atoms with Crippen molar-refractivity contribution in [2.24, 2.45) is 0 Å². The molecule has 0 aliphatic carbocycles. The van der Waals surface area contributed by atoms with Crippen LogP contribution in [0.1, 0.15) is 15.9 Å². The number of amides is 1. The summed E-state index contributed by atoms with van der Waals surface area (Å²) in [6, 6.07) is 8.46. The number of carbonyl (C=O) groups excluding carboxylic acids is 1. The summed E-state index contributed by atoms with van der Waals surface area (Å²) in [7, 11) is 0. The van der Waals surface area contributed by atoms with Gasteiger partial charge >= 0.3 is 0 Å². The van der Waals surface area contributed by atoms with Crippen LogP contribution in [0.3, 0.4) is 0 Å². The lowest BCUT2D eigenvalue weighted by Crippen LogP contribution is -2.13. The monoisotopic (exact) mass is 253 g/mol. The van der Waals surface area contributed by atoms with Crippen molar-refractivity contribution in [2.45, 2.75) is 0 Å². The summed E-state index contributed by atoms with van der Waals surface area (Å²) in [5, 5.41) is 11.2. The largest absolute Gasteiger partial charge is 0.384 e. The third kappa shape index (κ3) is 3.63. The first-order chi connectivity index (χ1) is 9.29. The molecule has 0 saturated heterocycles. The zero-order valence-electron chi connectivity index (χ0n) is 10.00. The molecule has 5 heteroatoms. The molecule has 0 atom stereocenters. The molecule has 0 aliphatic rings. The minimum Gasteiger partial charge on any atom is -0.384 e. The minimum absolute atomic E-state index is 0.214. The molecule has 94 valence electrons. The topological polar surface area (TPSA) is 75.1 Å². The van der Waals surface area contributed by atoms with Gasteiger partial charge in [0.1, 0.15) is 6.61 Å². The van der Waals surface area contributed by atoms with Gasteiger partial charge < -0.3 is 5.11 Å². The van der Waals surface area contributed by atoms with Gasteiger partial charge in [-0.2, -0.15) is 0 Å². The van der Waals surface area contributed by atoms with E-state index in [1.807, 2.05) is 0 Å². The van der Waals surface area contributed by atoms with Gasteiger partial charge in [0.05, 0.1) is 0 Å². The average molecular weight is 253 g/mol. The first kappa shape index (κ1) is 12.7. The van der Waals surface area contributed by atoms with E-state index in [1.54, 1.807) is 42.7 Å². The molecule has 0 spiro atoms. The number of nitrogens with one attached hydrogen (secondary N) is 1. The zero-order chi connectivity index (χ0) is 13.5. The number of nitrogens with zero attached hydrogens (tertiary/aromatic N) is 2. The number of hydrogen-bond acceptors (Lipinski definition) is 4. The average Bonchev–Trinajstić information content (AvgIpc) is 2.46. The van der Waals surface area contributed by atoms with Gasteiger partial charge in [-0.3, -0.25) is 10.1 Å². The first-order valence-electron chi connectivity index (χ1n) is 5.58. The molecular weight excluding hydrogens is 242 g/mol. The summed E-state index contributed by atoms with van der Waals surface area (Å²) >= 11 is 0. The van der Waals surface area contributed by atoms with Crippen LogP contribution in [0, 0.1) is 11.8 Å². The predicted molar refractivity (Wildman–Crippen MR) is 70.4 cm³/mol. The number of aliphatic hydroxyl groups is 1.